The first-order valence-electron chi connectivity index (χ1n) is 14.6. The number of piperazine rings is 1. The molecule has 4 atom stereocenters. The van der Waals surface area contributed by atoms with E-state index in [4.69, 9.17) is 19.4 Å². The molecule has 5 rings (SSSR count). The first kappa shape index (κ1) is 28.8. The highest BCUT2D eigenvalue weighted by Gasteiger charge is 2.34. The summed E-state index contributed by atoms with van der Waals surface area (Å²) in [7, 11) is 2.10. The Morgan fingerprint density at radius 3 is 2.83 bits per heavy atom. The number of nitrogens with zero attached hydrogens (tertiary/aromatic N) is 6. The summed E-state index contributed by atoms with van der Waals surface area (Å²) in [5.74, 6) is 1.14. The van der Waals surface area contributed by atoms with E-state index in [-0.39, 0.29) is 30.9 Å². The first-order chi connectivity index (χ1) is 19.9. The molecular formula is C31H39FN6O3. The Morgan fingerprint density at radius 2 is 2.10 bits per heavy atom. The van der Waals surface area contributed by atoms with Crippen LogP contribution in [-0.4, -0.2) is 83.7 Å². The molecule has 41 heavy (non-hydrogen) atoms. The normalized spacial score (nSPS) is 24.3. The molecule has 3 aliphatic heterocycles. The summed E-state index contributed by atoms with van der Waals surface area (Å²) in [6.07, 6.45) is 3.54. The van der Waals surface area contributed by atoms with Gasteiger partial charge in [0.15, 0.2) is 0 Å². The number of fused-ring (bicyclic) bond motifs is 1. The maximum atomic E-state index is 15.1. The number of hydrogen-bond donors (Lipinski definition) is 0. The molecule has 3 unspecified atom stereocenters. The molecule has 0 radical (unpaired) electrons. The second kappa shape index (κ2) is 12.9. The van der Waals surface area contributed by atoms with Crippen molar-refractivity contribution in [2.24, 2.45) is 0 Å². The van der Waals surface area contributed by atoms with Gasteiger partial charge in [0, 0.05) is 49.6 Å². The summed E-state index contributed by atoms with van der Waals surface area (Å²) in [6.45, 7) is 8.67. The minimum atomic E-state index is -1.10. The molecule has 3 aliphatic rings. The van der Waals surface area contributed by atoms with E-state index >= 15 is 4.39 Å². The number of alkyl halides is 1. The molecule has 1 aromatic heterocycles. The van der Waals surface area contributed by atoms with E-state index in [1.165, 1.54) is 6.08 Å². The molecule has 1 amide bonds. The molecule has 2 saturated heterocycles. The first-order valence-corrected chi connectivity index (χ1v) is 14.6. The molecule has 0 spiro atoms. The van der Waals surface area contributed by atoms with Gasteiger partial charge in [0.05, 0.1) is 24.2 Å². The Morgan fingerprint density at radius 1 is 1.27 bits per heavy atom. The summed E-state index contributed by atoms with van der Waals surface area (Å²) in [5, 5.41) is 9.48. The number of nitriles is 1. The van der Waals surface area contributed by atoms with E-state index in [1.807, 2.05) is 18.2 Å². The highest BCUT2D eigenvalue weighted by Crippen LogP contribution is 2.38. The van der Waals surface area contributed by atoms with Crippen molar-refractivity contribution < 1.29 is 18.7 Å². The fourth-order valence-corrected chi connectivity index (χ4v) is 6.22. The molecule has 4 heterocycles. The van der Waals surface area contributed by atoms with Crippen LogP contribution in [0.15, 0.2) is 36.9 Å². The zero-order valence-corrected chi connectivity index (χ0v) is 24.0. The summed E-state index contributed by atoms with van der Waals surface area (Å²) in [4.78, 5) is 28.4. The summed E-state index contributed by atoms with van der Waals surface area (Å²) in [5.41, 5.74) is 2.32. The SMILES string of the molecule is C=CC(=O)N1CCN(c2nc(OCC3CCCN3C)nc(C[C@H]3CC(F)c4ccccc4O3)c2CC)CC1CC#N. The number of carbonyl (C=O) groups excluding carboxylic acids is 1. The number of hydrogen-bond acceptors (Lipinski definition) is 8. The number of aromatic nitrogens is 2. The zero-order valence-electron chi connectivity index (χ0n) is 24.0. The van der Waals surface area contributed by atoms with Crippen LogP contribution in [0.25, 0.3) is 0 Å². The van der Waals surface area contributed by atoms with Crippen molar-refractivity contribution >= 4 is 11.7 Å². The lowest BCUT2D eigenvalue weighted by Crippen LogP contribution is -2.55. The topological polar surface area (TPSA) is 94.8 Å². The van der Waals surface area contributed by atoms with Crippen LogP contribution in [0.3, 0.4) is 0 Å². The van der Waals surface area contributed by atoms with Crippen LogP contribution in [0.2, 0.25) is 0 Å². The maximum absolute atomic E-state index is 15.1. The Balaban J connectivity index is 1.45. The number of ether oxygens (including phenoxy) is 2. The largest absolute Gasteiger partial charge is 0.490 e. The van der Waals surface area contributed by atoms with Crippen LogP contribution in [0.4, 0.5) is 10.2 Å². The third-order valence-corrected chi connectivity index (χ3v) is 8.49. The molecular weight excluding hydrogens is 523 g/mol. The number of halogens is 1. The highest BCUT2D eigenvalue weighted by atomic mass is 19.1. The predicted molar refractivity (Wildman–Crippen MR) is 154 cm³/mol. The lowest BCUT2D eigenvalue weighted by Gasteiger charge is -2.41. The van der Waals surface area contributed by atoms with Crippen molar-refractivity contribution in [3.8, 4) is 17.8 Å². The van der Waals surface area contributed by atoms with E-state index in [0.29, 0.717) is 62.4 Å². The summed E-state index contributed by atoms with van der Waals surface area (Å²) in [6, 6.07) is 9.80. The van der Waals surface area contributed by atoms with Crippen molar-refractivity contribution in [1.29, 1.82) is 5.26 Å². The van der Waals surface area contributed by atoms with Crippen LogP contribution in [-0.2, 0) is 17.6 Å². The molecule has 0 saturated carbocycles. The van der Waals surface area contributed by atoms with E-state index in [2.05, 4.69) is 36.4 Å². The van der Waals surface area contributed by atoms with Crippen LogP contribution in [0.1, 0.15) is 55.6 Å². The lowest BCUT2D eigenvalue weighted by molar-refractivity contribution is -0.128. The van der Waals surface area contributed by atoms with Crippen LogP contribution in [0.5, 0.6) is 11.8 Å². The van der Waals surface area contributed by atoms with Crippen LogP contribution < -0.4 is 14.4 Å². The Hall–Kier alpha value is -3.71. The molecule has 9 nitrogen and oxygen atoms in total. The Kier molecular flexibility index (Phi) is 9.03. The van der Waals surface area contributed by atoms with Gasteiger partial charge >= 0.3 is 6.01 Å². The molecule has 2 aromatic rings. The van der Waals surface area contributed by atoms with E-state index in [9.17, 15) is 10.1 Å². The third-order valence-electron chi connectivity index (χ3n) is 8.49. The van der Waals surface area contributed by atoms with Crippen molar-refractivity contribution in [1.82, 2.24) is 19.8 Å². The van der Waals surface area contributed by atoms with Crippen molar-refractivity contribution in [3.05, 3.63) is 53.7 Å². The number of para-hydroxylation sites is 1. The minimum Gasteiger partial charge on any atom is -0.490 e. The van der Waals surface area contributed by atoms with Gasteiger partial charge < -0.3 is 24.2 Å². The van der Waals surface area contributed by atoms with Crippen molar-refractivity contribution in [2.45, 2.75) is 69.8 Å². The summed E-state index contributed by atoms with van der Waals surface area (Å²) < 4.78 is 27.6. The van der Waals surface area contributed by atoms with E-state index in [0.717, 1.165) is 36.5 Å². The second-order valence-electron chi connectivity index (χ2n) is 11.1. The minimum absolute atomic E-state index is 0.177. The van der Waals surface area contributed by atoms with Gasteiger partial charge in [0.1, 0.15) is 30.4 Å². The van der Waals surface area contributed by atoms with Gasteiger partial charge in [-0.25, -0.2) is 4.39 Å². The standard InChI is InChI=1S/C31H39FN6O3/c1-4-24-27(18-23-17-26(32)25-10-6-7-11-28(25)41-23)34-31(40-20-22-9-8-14-36(22)3)35-30(24)37-15-16-38(29(39)5-2)21(19-37)12-13-33/h5-7,10-11,21-23,26H,2,4,8-9,12,14-20H2,1,3H3/t21?,22?,23-,26?/m1/s1. The maximum Gasteiger partial charge on any atom is 0.318 e. The quantitative estimate of drug-likeness (QED) is 0.423. The van der Waals surface area contributed by atoms with Gasteiger partial charge in [-0.05, 0) is 45.0 Å². The smallest absolute Gasteiger partial charge is 0.318 e. The number of rotatable bonds is 9. The Labute approximate surface area is 241 Å². The second-order valence-corrected chi connectivity index (χ2v) is 11.1. The monoisotopic (exact) mass is 562 g/mol. The van der Waals surface area contributed by atoms with Gasteiger partial charge in [0.25, 0.3) is 0 Å². The number of amides is 1. The van der Waals surface area contributed by atoms with E-state index in [1.54, 1.807) is 11.0 Å². The Bertz CT molecular complexity index is 1300. The average molecular weight is 563 g/mol. The highest BCUT2D eigenvalue weighted by molar-refractivity contribution is 5.87. The van der Waals surface area contributed by atoms with Gasteiger partial charge in [-0.1, -0.05) is 31.7 Å². The average Bonchev–Trinajstić information content (AvgIpc) is 3.40. The fourth-order valence-electron chi connectivity index (χ4n) is 6.22. The van der Waals surface area contributed by atoms with E-state index < -0.39 is 6.17 Å². The van der Waals surface area contributed by atoms with Crippen molar-refractivity contribution in [3.63, 3.8) is 0 Å². The molecule has 2 fully saturated rings. The number of carbonyl (C=O) groups is 1. The fraction of sp³-hybridized carbons (Fsp3) is 0.548. The molecule has 0 N–H and O–H groups in total. The molecule has 0 bridgehead atoms. The van der Waals surface area contributed by atoms with Gasteiger partial charge in [-0.15, -0.1) is 0 Å². The molecule has 0 aliphatic carbocycles. The number of likely N-dealkylation sites (tertiary alicyclic amines) is 1. The number of likely N-dealkylation sites (N-methyl/N-ethyl adjacent to an activating group) is 1. The van der Waals surface area contributed by atoms with Crippen LogP contribution >= 0.6 is 0 Å². The molecule has 1 aromatic carbocycles. The molecule has 218 valence electrons. The third kappa shape index (κ3) is 6.30. The predicted octanol–water partition coefficient (Wildman–Crippen LogP) is 4.03. The van der Waals surface area contributed by atoms with Crippen molar-refractivity contribution in [2.75, 3.05) is 44.7 Å². The van der Waals surface area contributed by atoms with Gasteiger partial charge in [-0.3, -0.25) is 4.79 Å². The zero-order chi connectivity index (χ0) is 28.9. The number of anilines is 1. The van der Waals surface area contributed by atoms with Gasteiger partial charge in [-0.2, -0.15) is 15.2 Å². The number of benzene rings is 1. The summed E-state index contributed by atoms with van der Waals surface area (Å²) >= 11 is 0. The van der Waals surface area contributed by atoms with Crippen LogP contribution in [0, 0.1) is 11.3 Å². The van der Waals surface area contributed by atoms with Gasteiger partial charge in [0.2, 0.25) is 5.91 Å². The lowest BCUT2D eigenvalue weighted by atomic mass is 9.96. The molecule has 10 heteroatoms.